The second kappa shape index (κ2) is 8.53. The van der Waals surface area contributed by atoms with E-state index >= 15 is 0 Å². The first-order valence-corrected chi connectivity index (χ1v) is 11.3. The molecule has 0 aliphatic carbocycles. The van der Waals surface area contributed by atoms with Gasteiger partial charge in [0.15, 0.2) is 0 Å². The molecule has 31 heavy (non-hydrogen) atoms. The van der Waals surface area contributed by atoms with Gasteiger partial charge in [0, 0.05) is 11.5 Å². The molecule has 1 fully saturated rings. The largest absolute Gasteiger partial charge is 0.313 e. The molecule has 0 saturated carbocycles. The highest BCUT2D eigenvalue weighted by Crippen LogP contribution is 2.41. The van der Waals surface area contributed by atoms with Crippen LogP contribution in [0.2, 0.25) is 0 Å². The topological polar surface area (TPSA) is 12.0 Å². The lowest BCUT2D eigenvalue weighted by Gasteiger charge is -2.38. The van der Waals surface area contributed by atoms with Gasteiger partial charge in [-0.25, -0.2) is 0 Å². The zero-order valence-electron chi connectivity index (χ0n) is 18.1. The third kappa shape index (κ3) is 3.82. The van der Waals surface area contributed by atoms with Crippen LogP contribution in [-0.4, -0.2) is 12.6 Å². The van der Waals surface area contributed by atoms with Gasteiger partial charge in [-0.2, -0.15) is 0 Å². The molecule has 0 spiro atoms. The molecule has 4 aromatic rings. The first kappa shape index (κ1) is 19.8. The van der Waals surface area contributed by atoms with Crippen LogP contribution in [0.4, 0.5) is 0 Å². The Hall–Kier alpha value is -3.16. The summed E-state index contributed by atoms with van der Waals surface area (Å²) >= 11 is 0. The lowest BCUT2D eigenvalue weighted by molar-refractivity contribution is 0.407. The van der Waals surface area contributed by atoms with Gasteiger partial charge in [-0.1, -0.05) is 109 Å². The smallest absolute Gasteiger partial charge is 0.0328 e. The molecule has 0 radical (unpaired) electrons. The Bertz CT molecular complexity index is 1060. The van der Waals surface area contributed by atoms with E-state index in [1.54, 1.807) is 0 Å². The molecule has 0 bridgehead atoms. The first-order valence-electron chi connectivity index (χ1n) is 11.3. The molecule has 154 valence electrons. The number of benzene rings is 4. The second-order valence-corrected chi connectivity index (χ2v) is 8.74. The number of hydrogen-bond acceptors (Lipinski definition) is 1. The molecule has 1 unspecified atom stereocenters. The average molecular weight is 404 g/mol. The molecule has 1 heteroatoms. The normalized spacial score (nSPS) is 16.4. The Labute approximate surface area is 185 Å². The van der Waals surface area contributed by atoms with Crippen molar-refractivity contribution in [3.8, 4) is 22.3 Å². The van der Waals surface area contributed by atoms with Gasteiger partial charge in [0.05, 0.1) is 0 Å². The predicted octanol–water partition coefficient (Wildman–Crippen LogP) is 7.08. The Morgan fingerprint density at radius 2 is 1.10 bits per heavy atom. The van der Waals surface area contributed by atoms with Crippen molar-refractivity contribution < 1.29 is 0 Å². The van der Waals surface area contributed by atoms with Crippen LogP contribution < -0.4 is 5.32 Å². The van der Waals surface area contributed by atoms with Crippen molar-refractivity contribution in [1.29, 1.82) is 0 Å². The van der Waals surface area contributed by atoms with Crippen LogP contribution >= 0.6 is 0 Å². The quantitative estimate of drug-likeness (QED) is 0.375. The molecule has 4 aromatic carbocycles. The van der Waals surface area contributed by atoms with Crippen molar-refractivity contribution in [2.75, 3.05) is 6.54 Å². The summed E-state index contributed by atoms with van der Waals surface area (Å²) in [6.07, 6.45) is 2.43. The van der Waals surface area contributed by atoms with E-state index in [4.69, 9.17) is 0 Å². The zero-order valence-corrected chi connectivity index (χ0v) is 18.1. The fourth-order valence-electron chi connectivity index (χ4n) is 5.05. The Morgan fingerprint density at radius 3 is 1.55 bits per heavy atom. The lowest BCUT2D eigenvalue weighted by atomic mass is 9.69. The minimum atomic E-state index is -0.105. The van der Waals surface area contributed by atoms with Crippen molar-refractivity contribution in [2.45, 2.75) is 31.2 Å². The third-order valence-electron chi connectivity index (χ3n) is 6.90. The highest BCUT2D eigenvalue weighted by molar-refractivity contribution is 5.67. The summed E-state index contributed by atoms with van der Waals surface area (Å²) in [4.78, 5) is 0. The number of rotatable bonds is 5. The maximum atomic E-state index is 3.81. The van der Waals surface area contributed by atoms with Crippen molar-refractivity contribution in [3.63, 3.8) is 0 Å². The first-order chi connectivity index (χ1) is 15.2. The summed E-state index contributed by atoms with van der Waals surface area (Å²) in [6.45, 7) is 3.52. The fourth-order valence-corrected chi connectivity index (χ4v) is 5.05. The van der Waals surface area contributed by atoms with Gasteiger partial charge in [-0.15, -0.1) is 0 Å². The molecular weight excluding hydrogens is 374 g/mol. The third-order valence-corrected chi connectivity index (χ3v) is 6.90. The van der Waals surface area contributed by atoms with E-state index in [0.29, 0.717) is 6.04 Å². The van der Waals surface area contributed by atoms with Crippen LogP contribution in [0.15, 0.2) is 109 Å². The van der Waals surface area contributed by atoms with E-state index in [0.717, 1.165) is 6.54 Å². The maximum absolute atomic E-state index is 3.81. The highest BCUT2D eigenvalue weighted by Gasteiger charge is 2.39. The molecule has 1 atom stereocenters. The van der Waals surface area contributed by atoms with Gasteiger partial charge in [-0.05, 0) is 59.7 Å². The van der Waals surface area contributed by atoms with Crippen molar-refractivity contribution >= 4 is 0 Å². The SMILES string of the molecule is CC(c1cccc(-c2ccccc2)c1)(c1cccc(-c2ccccc2)c1)C1CCCN1. The van der Waals surface area contributed by atoms with E-state index in [9.17, 15) is 0 Å². The molecule has 0 aromatic heterocycles. The second-order valence-electron chi connectivity index (χ2n) is 8.74. The van der Waals surface area contributed by atoms with Crippen LogP contribution in [0.3, 0.4) is 0 Å². The van der Waals surface area contributed by atoms with E-state index in [1.165, 1.54) is 46.2 Å². The minimum absolute atomic E-state index is 0.105. The van der Waals surface area contributed by atoms with Gasteiger partial charge in [0.2, 0.25) is 0 Å². The predicted molar refractivity (Wildman–Crippen MR) is 131 cm³/mol. The molecular formula is C30H29N. The summed E-state index contributed by atoms with van der Waals surface area (Å²) < 4.78 is 0. The lowest BCUT2D eigenvalue weighted by Crippen LogP contribution is -2.44. The zero-order chi connectivity index (χ0) is 21.1. The number of nitrogens with one attached hydrogen (secondary N) is 1. The van der Waals surface area contributed by atoms with Crippen LogP contribution in [-0.2, 0) is 5.41 Å². The molecule has 1 aliphatic rings. The molecule has 0 amide bonds. The van der Waals surface area contributed by atoms with Gasteiger partial charge < -0.3 is 5.32 Å². The van der Waals surface area contributed by atoms with Crippen molar-refractivity contribution in [1.82, 2.24) is 5.32 Å². The van der Waals surface area contributed by atoms with Gasteiger partial charge >= 0.3 is 0 Å². The Kier molecular flexibility index (Phi) is 5.44. The van der Waals surface area contributed by atoms with Crippen molar-refractivity contribution in [3.05, 3.63) is 120 Å². The average Bonchev–Trinajstić information content (AvgIpc) is 3.40. The van der Waals surface area contributed by atoms with Gasteiger partial charge in [0.25, 0.3) is 0 Å². The maximum Gasteiger partial charge on any atom is 0.0328 e. The molecule has 1 N–H and O–H groups in total. The van der Waals surface area contributed by atoms with Crippen LogP contribution in [0.25, 0.3) is 22.3 Å². The molecule has 1 saturated heterocycles. The van der Waals surface area contributed by atoms with Crippen LogP contribution in [0.5, 0.6) is 0 Å². The molecule has 1 aliphatic heterocycles. The summed E-state index contributed by atoms with van der Waals surface area (Å²) in [5.74, 6) is 0. The van der Waals surface area contributed by atoms with E-state index in [2.05, 4.69) is 121 Å². The standard InChI is InChI=1S/C30H29N/c1-30(29-19-10-20-31-29,27-17-8-15-25(21-27)23-11-4-2-5-12-23)28-18-9-16-26(22-28)24-13-6-3-7-14-24/h2-9,11-18,21-22,29,31H,10,19-20H2,1H3. The Morgan fingerprint density at radius 1 is 0.613 bits per heavy atom. The van der Waals surface area contributed by atoms with E-state index in [1.807, 2.05) is 0 Å². The molecule has 1 heterocycles. The van der Waals surface area contributed by atoms with Crippen LogP contribution in [0, 0.1) is 0 Å². The fraction of sp³-hybridized carbons (Fsp3) is 0.200. The highest BCUT2D eigenvalue weighted by atomic mass is 15.0. The van der Waals surface area contributed by atoms with Crippen molar-refractivity contribution in [2.24, 2.45) is 0 Å². The molecule has 1 nitrogen and oxygen atoms in total. The minimum Gasteiger partial charge on any atom is -0.313 e. The van der Waals surface area contributed by atoms with Gasteiger partial charge in [-0.3, -0.25) is 0 Å². The van der Waals surface area contributed by atoms with Crippen LogP contribution in [0.1, 0.15) is 30.9 Å². The van der Waals surface area contributed by atoms with Gasteiger partial charge in [0.1, 0.15) is 0 Å². The summed E-state index contributed by atoms with van der Waals surface area (Å²) in [5.41, 5.74) is 7.74. The summed E-state index contributed by atoms with van der Waals surface area (Å²) in [5, 5.41) is 3.81. The molecule has 5 rings (SSSR count). The number of hydrogen-bond donors (Lipinski definition) is 1. The monoisotopic (exact) mass is 403 g/mol. The summed E-state index contributed by atoms with van der Waals surface area (Å²) in [7, 11) is 0. The Balaban J connectivity index is 1.63. The van der Waals surface area contributed by atoms with E-state index in [-0.39, 0.29) is 5.41 Å². The summed E-state index contributed by atoms with van der Waals surface area (Å²) in [6, 6.07) is 40.1. The van der Waals surface area contributed by atoms with E-state index < -0.39 is 0 Å².